The van der Waals surface area contributed by atoms with Crippen molar-refractivity contribution < 1.29 is 14.7 Å². The normalized spacial score (nSPS) is 16.6. The van der Waals surface area contributed by atoms with Gasteiger partial charge < -0.3 is 10.4 Å². The number of fused-ring (bicyclic) bond motifs is 2. The highest BCUT2D eigenvalue weighted by Gasteiger charge is 2.45. The summed E-state index contributed by atoms with van der Waals surface area (Å²) in [6.45, 7) is 0. The Morgan fingerprint density at radius 2 is 1.58 bits per heavy atom. The number of amides is 1. The van der Waals surface area contributed by atoms with Crippen molar-refractivity contribution in [3.05, 3.63) is 101 Å². The minimum absolute atomic E-state index is 0.220. The predicted octanol–water partition coefficient (Wildman–Crippen LogP) is 6.77. The average molecular weight is 516 g/mol. The summed E-state index contributed by atoms with van der Waals surface area (Å²) >= 11 is 7.72. The Labute approximate surface area is 219 Å². The van der Waals surface area contributed by atoms with E-state index in [1.165, 1.54) is 15.7 Å². The van der Waals surface area contributed by atoms with E-state index in [0.717, 1.165) is 28.0 Å². The van der Waals surface area contributed by atoms with Crippen LogP contribution in [0.1, 0.15) is 24.0 Å². The number of carbonyl (C=O) groups excluding carboxylic acids is 1. The maximum absolute atomic E-state index is 12.8. The number of benzene rings is 4. The van der Waals surface area contributed by atoms with Gasteiger partial charge in [0.1, 0.15) is 5.54 Å². The Balaban J connectivity index is 1.19. The summed E-state index contributed by atoms with van der Waals surface area (Å²) in [5.41, 5.74) is 2.63. The number of aliphatic carboxylic acids is 1. The van der Waals surface area contributed by atoms with Crippen LogP contribution in [0, 0.1) is 0 Å². The third-order valence-corrected chi connectivity index (χ3v) is 8.03. The van der Waals surface area contributed by atoms with Crippen molar-refractivity contribution >= 4 is 46.0 Å². The van der Waals surface area contributed by atoms with Crippen molar-refractivity contribution in [3.8, 4) is 11.1 Å². The van der Waals surface area contributed by atoms with Gasteiger partial charge in [-0.15, -0.1) is 11.8 Å². The molecule has 0 saturated heterocycles. The van der Waals surface area contributed by atoms with Crippen LogP contribution in [0.4, 0.5) is 0 Å². The van der Waals surface area contributed by atoms with E-state index in [9.17, 15) is 14.7 Å². The van der Waals surface area contributed by atoms with Crippen molar-refractivity contribution in [2.45, 2.75) is 36.1 Å². The molecule has 4 nitrogen and oxygen atoms in total. The minimum Gasteiger partial charge on any atom is -0.479 e. The van der Waals surface area contributed by atoms with Gasteiger partial charge in [-0.2, -0.15) is 0 Å². The lowest BCUT2D eigenvalue weighted by atomic mass is 9.95. The summed E-state index contributed by atoms with van der Waals surface area (Å²) in [5.74, 6) is -0.427. The molecular weight excluding hydrogens is 490 g/mol. The van der Waals surface area contributed by atoms with Gasteiger partial charge in [-0.1, -0.05) is 72.3 Å². The first-order chi connectivity index (χ1) is 17.4. The number of rotatable bonds is 8. The molecule has 2 N–H and O–H groups in total. The third kappa shape index (κ3) is 5.28. The second-order valence-corrected chi connectivity index (χ2v) is 10.8. The van der Waals surface area contributed by atoms with Crippen LogP contribution in [-0.2, 0) is 22.4 Å². The van der Waals surface area contributed by atoms with E-state index in [2.05, 4.69) is 35.6 Å². The van der Waals surface area contributed by atoms with Crippen LogP contribution < -0.4 is 5.32 Å². The molecule has 1 aliphatic rings. The fourth-order valence-corrected chi connectivity index (χ4v) is 5.82. The first kappa shape index (κ1) is 24.4. The molecule has 1 aliphatic carbocycles. The quantitative estimate of drug-likeness (QED) is 0.201. The van der Waals surface area contributed by atoms with Crippen molar-refractivity contribution in [2.75, 3.05) is 5.75 Å². The molecule has 0 heterocycles. The molecule has 0 radical (unpaired) electrons. The van der Waals surface area contributed by atoms with E-state index in [1.807, 2.05) is 54.6 Å². The Bertz CT molecular complexity index is 1440. The molecule has 0 aromatic heterocycles. The molecule has 182 valence electrons. The number of nitrogens with one attached hydrogen (secondary N) is 1. The highest BCUT2D eigenvalue weighted by atomic mass is 35.5. The number of hydrogen-bond acceptors (Lipinski definition) is 3. The number of carboxylic acids is 1. The van der Waals surface area contributed by atoms with Crippen LogP contribution in [0.15, 0.2) is 89.8 Å². The van der Waals surface area contributed by atoms with Gasteiger partial charge in [0.15, 0.2) is 0 Å². The molecule has 0 fully saturated rings. The number of carbonyl (C=O) groups is 2. The van der Waals surface area contributed by atoms with Crippen LogP contribution in [-0.4, -0.2) is 28.3 Å². The summed E-state index contributed by atoms with van der Waals surface area (Å²) in [4.78, 5) is 26.2. The topological polar surface area (TPSA) is 66.4 Å². The highest BCUT2D eigenvalue weighted by Crippen LogP contribution is 2.34. The van der Waals surface area contributed by atoms with Crippen molar-refractivity contribution in [1.82, 2.24) is 5.32 Å². The molecule has 5 rings (SSSR count). The lowest BCUT2D eigenvalue weighted by Crippen LogP contribution is -2.55. The fourth-order valence-electron chi connectivity index (χ4n) is 4.80. The van der Waals surface area contributed by atoms with E-state index in [-0.39, 0.29) is 18.7 Å². The second-order valence-electron chi connectivity index (χ2n) is 9.24. The van der Waals surface area contributed by atoms with E-state index in [4.69, 9.17) is 11.6 Å². The number of halogens is 1. The van der Waals surface area contributed by atoms with E-state index < -0.39 is 11.5 Å². The van der Waals surface area contributed by atoms with Crippen molar-refractivity contribution in [2.24, 2.45) is 0 Å². The van der Waals surface area contributed by atoms with Gasteiger partial charge in [0.05, 0.1) is 0 Å². The Morgan fingerprint density at radius 3 is 2.36 bits per heavy atom. The van der Waals surface area contributed by atoms with E-state index >= 15 is 0 Å². The Morgan fingerprint density at radius 1 is 0.861 bits per heavy atom. The first-order valence-corrected chi connectivity index (χ1v) is 13.3. The lowest BCUT2D eigenvalue weighted by molar-refractivity contribution is -0.147. The van der Waals surface area contributed by atoms with Gasteiger partial charge in [0.2, 0.25) is 5.91 Å². The zero-order valence-corrected chi connectivity index (χ0v) is 21.2. The molecule has 0 bridgehead atoms. The van der Waals surface area contributed by atoms with Gasteiger partial charge >= 0.3 is 5.97 Å². The molecular formula is C30H26ClNO3S. The molecule has 4 aromatic rings. The van der Waals surface area contributed by atoms with Crippen LogP contribution >= 0.6 is 23.4 Å². The minimum atomic E-state index is -1.30. The molecule has 1 amide bonds. The van der Waals surface area contributed by atoms with Gasteiger partial charge in [-0.25, -0.2) is 4.79 Å². The lowest BCUT2D eigenvalue weighted by Gasteiger charge is -2.25. The van der Waals surface area contributed by atoms with E-state index in [0.29, 0.717) is 17.9 Å². The standard InChI is InChI=1S/C30H26ClNO3S/c31-26-12-9-21(10-13-26)23-7-8-24-18-30(29(34)35,19-25(24)16-23)32-28(33)6-3-15-36-27-14-11-20-4-1-2-5-22(20)17-27/h1-2,4-5,7-14,16-17H,3,6,15,18-19H2,(H,32,33)(H,34,35). The van der Waals surface area contributed by atoms with Crippen molar-refractivity contribution in [3.63, 3.8) is 0 Å². The van der Waals surface area contributed by atoms with Gasteiger partial charge in [-0.3, -0.25) is 4.79 Å². The summed E-state index contributed by atoms with van der Waals surface area (Å²) in [5, 5.41) is 16.0. The maximum atomic E-state index is 12.8. The van der Waals surface area contributed by atoms with Gasteiger partial charge in [0, 0.05) is 29.2 Å². The second kappa shape index (κ2) is 10.4. The van der Waals surface area contributed by atoms with Crippen LogP contribution in [0.25, 0.3) is 21.9 Å². The van der Waals surface area contributed by atoms with Gasteiger partial charge in [-0.05, 0) is 69.5 Å². The summed E-state index contributed by atoms with van der Waals surface area (Å²) in [7, 11) is 0. The number of thioether (sulfide) groups is 1. The zero-order valence-electron chi connectivity index (χ0n) is 19.7. The van der Waals surface area contributed by atoms with Crippen molar-refractivity contribution in [1.29, 1.82) is 0 Å². The molecule has 0 aliphatic heterocycles. The van der Waals surface area contributed by atoms with Crippen LogP contribution in [0.3, 0.4) is 0 Å². The first-order valence-electron chi connectivity index (χ1n) is 12.0. The fraction of sp³-hybridized carbons (Fsp3) is 0.200. The SMILES string of the molecule is O=C(CCCSc1ccc2ccccc2c1)NC1(C(=O)O)Cc2ccc(-c3ccc(Cl)cc3)cc2C1. The zero-order chi connectivity index (χ0) is 25.1. The monoisotopic (exact) mass is 515 g/mol. The largest absolute Gasteiger partial charge is 0.479 e. The van der Waals surface area contributed by atoms with E-state index in [1.54, 1.807) is 11.8 Å². The molecule has 1 unspecified atom stereocenters. The maximum Gasteiger partial charge on any atom is 0.330 e. The molecule has 0 spiro atoms. The summed E-state index contributed by atoms with van der Waals surface area (Å²) < 4.78 is 0. The predicted molar refractivity (Wildman–Crippen MR) is 147 cm³/mol. The van der Waals surface area contributed by atoms with Gasteiger partial charge in [0.25, 0.3) is 0 Å². The summed E-state index contributed by atoms with van der Waals surface area (Å²) in [6.07, 6.45) is 1.53. The third-order valence-electron chi connectivity index (χ3n) is 6.69. The Kier molecular flexibility index (Phi) is 7.04. The molecule has 0 saturated carbocycles. The molecule has 6 heteroatoms. The molecule has 36 heavy (non-hydrogen) atoms. The summed E-state index contributed by atoms with van der Waals surface area (Å²) in [6, 6.07) is 28.2. The number of carboxylic acid groups (broad SMARTS) is 1. The highest BCUT2D eigenvalue weighted by molar-refractivity contribution is 7.99. The molecule has 4 aromatic carbocycles. The molecule has 1 atom stereocenters. The smallest absolute Gasteiger partial charge is 0.330 e. The Hall–Kier alpha value is -3.28. The number of hydrogen-bond donors (Lipinski definition) is 2. The van der Waals surface area contributed by atoms with Crippen LogP contribution in [0.2, 0.25) is 5.02 Å². The average Bonchev–Trinajstić information content (AvgIpc) is 3.25. The van der Waals surface area contributed by atoms with Crippen LogP contribution in [0.5, 0.6) is 0 Å².